The van der Waals surface area contributed by atoms with Gasteiger partial charge in [-0.25, -0.2) is 0 Å². The number of amides is 1. The van der Waals surface area contributed by atoms with Crippen LogP contribution in [0.2, 0.25) is 0 Å². The van der Waals surface area contributed by atoms with Gasteiger partial charge in [0.15, 0.2) is 0 Å². The second-order valence-electron chi connectivity index (χ2n) is 6.85. The smallest absolute Gasteiger partial charge is 0.224 e. The quantitative estimate of drug-likeness (QED) is 0.838. The van der Waals surface area contributed by atoms with Crippen LogP contribution in [-0.2, 0) is 23.1 Å². The van der Waals surface area contributed by atoms with E-state index >= 15 is 0 Å². The Kier molecular flexibility index (Phi) is 4.55. The molecule has 2 aromatic rings. The standard InChI is InChI=1S/C20H22N2O.ClH/c21-16-7-5-14(6-8-16)10-12-22-19(23)18-13-20(18)11-9-15-3-1-2-4-17(15)20;/h1-8,18H,9-13,21H2,(H,22,23);1H. The Morgan fingerprint density at radius 2 is 1.92 bits per heavy atom. The van der Waals surface area contributed by atoms with Gasteiger partial charge in [0.2, 0.25) is 5.91 Å². The summed E-state index contributed by atoms with van der Waals surface area (Å²) in [5.74, 6) is 0.384. The lowest BCUT2D eigenvalue weighted by atomic mass is 9.95. The number of hydrogen-bond donors (Lipinski definition) is 2. The van der Waals surface area contributed by atoms with Gasteiger partial charge in [-0.3, -0.25) is 4.79 Å². The lowest BCUT2D eigenvalue weighted by Crippen LogP contribution is -2.29. The van der Waals surface area contributed by atoms with Crippen molar-refractivity contribution in [3.05, 3.63) is 65.2 Å². The van der Waals surface area contributed by atoms with Crippen LogP contribution in [-0.4, -0.2) is 12.5 Å². The fourth-order valence-electron chi connectivity index (χ4n) is 4.08. The molecular weight excluding hydrogens is 320 g/mol. The Labute approximate surface area is 149 Å². The number of aryl methyl sites for hydroxylation is 1. The molecule has 0 heterocycles. The monoisotopic (exact) mass is 342 g/mol. The topological polar surface area (TPSA) is 55.1 Å². The van der Waals surface area contributed by atoms with E-state index in [4.69, 9.17) is 5.73 Å². The molecule has 126 valence electrons. The van der Waals surface area contributed by atoms with E-state index in [1.54, 1.807) is 0 Å². The molecule has 2 unspecified atom stereocenters. The lowest BCUT2D eigenvalue weighted by Gasteiger charge is -2.12. The highest BCUT2D eigenvalue weighted by atomic mass is 35.5. The second-order valence-corrected chi connectivity index (χ2v) is 6.85. The number of carbonyl (C=O) groups is 1. The zero-order valence-electron chi connectivity index (χ0n) is 13.6. The number of nitrogens with two attached hydrogens (primary N) is 1. The SMILES string of the molecule is Cl.Nc1ccc(CCNC(=O)C2CC23CCc2ccccc23)cc1. The first-order valence-electron chi connectivity index (χ1n) is 8.39. The first-order chi connectivity index (χ1) is 11.2. The number of carbonyl (C=O) groups excluding carboxylic acids is 1. The number of halogens is 1. The molecule has 4 rings (SSSR count). The molecule has 4 heteroatoms. The van der Waals surface area contributed by atoms with Crippen molar-refractivity contribution in [3.8, 4) is 0 Å². The van der Waals surface area contributed by atoms with Gasteiger partial charge in [-0.15, -0.1) is 12.4 Å². The summed E-state index contributed by atoms with van der Waals surface area (Å²) < 4.78 is 0. The van der Waals surface area contributed by atoms with Crippen molar-refractivity contribution in [2.45, 2.75) is 31.1 Å². The first-order valence-corrected chi connectivity index (χ1v) is 8.39. The van der Waals surface area contributed by atoms with Crippen LogP contribution in [0.3, 0.4) is 0 Å². The van der Waals surface area contributed by atoms with E-state index in [0.717, 1.165) is 31.4 Å². The van der Waals surface area contributed by atoms with Crippen molar-refractivity contribution in [2.75, 3.05) is 12.3 Å². The Morgan fingerprint density at radius 3 is 2.71 bits per heavy atom. The highest BCUT2D eigenvalue weighted by Crippen LogP contribution is 2.61. The van der Waals surface area contributed by atoms with Crippen molar-refractivity contribution in [1.29, 1.82) is 0 Å². The maximum absolute atomic E-state index is 12.5. The van der Waals surface area contributed by atoms with E-state index in [2.05, 4.69) is 29.6 Å². The molecule has 0 bridgehead atoms. The van der Waals surface area contributed by atoms with E-state index in [1.165, 1.54) is 16.7 Å². The van der Waals surface area contributed by atoms with Crippen molar-refractivity contribution in [1.82, 2.24) is 5.32 Å². The van der Waals surface area contributed by atoms with Crippen LogP contribution in [0, 0.1) is 5.92 Å². The van der Waals surface area contributed by atoms with Gasteiger partial charge in [0.05, 0.1) is 0 Å². The largest absolute Gasteiger partial charge is 0.399 e. The summed E-state index contributed by atoms with van der Waals surface area (Å²) in [7, 11) is 0. The second kappa shape index (κ2) is 6.48. The van der Waals surface area contributed by atoms with E-state index in [1.807, 2.05) is 24.3 Å². The molecule has 1 fully saturated rings. The van der Waals surface area contributed by atoms with Crippen LogP contribution in [0.25, 0.3) is 0 Å². The van der Waals surface area contributed by atoms with Gasteiger partial charge in [0, 0.05) is 23.6 Å². The molecule has 2 aliphatic rings. The van der Waals surface area contributed by atoms with Crippen LogP contribution in [0.5, 0.6) is 0 Å². The molecule has 1 spiro atoms. The van der Waals surface area contributed by atoms with Crippen LogP contribution >= 0.6 is 12.4 Å². The summed E-state index contributed by atoms with van der Waals surface area (Å²) in [6.45, 7) is 0.691. The number of nitrogens with one attached hydrogen (secondary N) is 1. The number of fused-ring (bicyclic) bond motifs is 2. The first kappa shape index (κ1) is 16.8. The van der Waals surface area contributed by atoms with Crippen LogP contribution in [0.15, 0.2) is 48.5 Å². The average molecular weight is 343 g/mol. The summed E-state index contributed by atoms with van der Waals surface area (Å²) in [6, 6.07) is 16.5. The molecule has 2 atom stereocenters. The summed E-state index contributed by atoms with van der Waals surface area (Å²) in [5.41, 5.74) is 10.7. The molecule has 2 aromatic carbocycles. The van der Waals surface area contributed by atoms with Gasteiger partial charge in [-0.05, 0) is 54.5 Å². The van der Waals surface area contributed by atoms with Gasteiger partial charge in [0.25, 0.3) is 0 Å². The zero-order valence-corrected chi connectivity index (χ0v) is 14.4. The average Bonchev–Trinajstić information content (AvgIpc) is 3.19. The van der Waals surface area contributed by atoms with Crippen molar-refractivity contribution >= 4 is 24.0 Å². The maximum Gasteiger partial charge on any atom is 0.224 e. The number of hydrogen-bond acceptors (Lipinski definition) is 2. The fraction of sp³-hybridized carbons (Fsp3) is 0.350. The summed E-state index contributed by atoms with van der Waals surface area (Å²) in [4.78, 5) is 12.5. The lowest BCUT2D eigenvalue weighted by molar-refractivity contribution is -0.122. The van der Waals surface area contributed by atoms with Crippen molar-refractivity contribution in [3.63, 3.8) is 0 Å². The molecule has 1 saturated carbocycles. The van der Waals surface area contributed by atoms with Crippen molar-refractivity contribution < 1.29 is 4.79 Å². The van der Waals surface area contributed by atoms with Crippen LogP contribution < -0.4 is 11.1 Å². The molecule has 0 radical (unpaired) electrons. The van der Waals surface area contributed by atoms with Gasteiger partial charge >= 0.3 is 0 Å². The molecule has 0 aromatic heterocycles. The molecule has 0 saturated heterocycles. The third-order valence-corrected chi connectivity index (χ3v) is 5.48. The minimum Gasteiger partial charge on any atom is -0.399 e. The highest BCUT2D eigenvalue weighted by Gasteiger charge is 2.61. The number of anilines is 1. The van der Waals surface area contributed by atoms with E-state index in [0.29, 0.717) is 6.54 Å². The van der Waals surface area contributed by atoms with Gasteiger partial charge in [-0.2, -0.15) is 0 Å². The molecular formula is C20H23ClN2O. The normalized spacial score (nSPS) is 23.4. The Balaban J connectivity index is 0.00000169. The minimum absolute atomic E-state index is 0. The summed E-state index contributed by atoms with van der Waals surface area (Å²) >= 11 is 0. The number of benzene rings is 2. The molecule has 3 nitrogen and oxygen atoms in total. The molecule has 1 amide bonds. The number of nitrogen functional groups attached to an aromatic ring is 1. The molecule has 24 heavy (non-hydrogen) atoms. The third kappa shape index (κ3) is 2.89. The van der Waals surface area contributed by atoms with Gasteiger partial charge < -0.3 is 11.1 Å². The number of rotatable bonds is 4. The zero-order chi connectivity index (χ0) is 15.9. The van der Waals surface area contributed by atoms with E-state index in [-0.39, 0.29) is 29.6 Å². The van der Waals surface area contributed by atoms with E-state index in [9.17, 15) is 4.79 Å². The Bertz CT molecular complexity index is 744. The van der Waals surface area contributed by atoms with Crippen LogP contribution in [0.1, 0.15) is 29.5 Å². The Morgan fingerprint density at radius 1 is 1.17 bits per heavy atom. The highest BCUT2D eigenvalue weighted by molar-refractivity contribution is 5.85. The van der Waals surface area contributed by atoms with Crippen molar-refractivity contribution in [2.24, 2.45) is 5.92 Å². The molecule has 3 N–H and O–H groups in total. The summed E-state index contributed by atoms with van der Waals surface area (Å²) in [6.07, 6.45) is 4.10. The van der Waals surface area contributed by atoms with E-state index < -0.39 is 0 Å². The van der Waals surface area contributed by atoms with Gasteiger partial charge in [-0.1, -0.05) is 36.4 Å². The Hall–Kier alpha value is -2.00. The molecule has 2 aliphatic carbocycles. The minimum atomic E-state index is 0. The fourth-order valence-corrected chi connectivity index (χ4v) is 4.08. The maximum atomic E-state index is 12.5. The summed E-state index contributed by atoms with van der Waals surface area (Å²) in [5, 5.41) is 3.12. The predicted molar refractivity (Wildman–Crippen MR) is 99.4 cm³/mol. The van der Waals surface area contributed by atoms with Crippen LogP contribution in [0.4, 0.5) is 5.69 Å². The van der Waals surface area contributed by atoms with Gasteiger partial charge in [0.1, 0.15) is 0 Å². The predicted octanol–water partition coefficient (Wildman–Crippen LogP) is 3.25. The molecule has 0 aliphatic heterocycles. The third-order valence-electron chi connectivity index (χ3n) is 5.48.